The van der Waals surface area contributed by atoms with Crippen molar-refractivity contribution >= 4 is 46.3 Å². The van der Waals surface area contributed by atoms with Crippen molar-refractivity contribution in [3.8, 4) is 10.6 Å². The molecule has 2 N–H and O–H groups in total. The van der Waals surface area contributed by atoms with Crippen molar-refractivity contribution in [2.75, 3.05) is 25.5 Å². The van der Waals surface area contributed by atoms with Gasteiger partial charge in [0.2, 0.25) is 5.95 Å². The normalized spacial score (nSPS) is 16.1. The number of amides is 1. The molecule has 1 amide bonds. The highest BCUT2D eigenvalue weighted by Crippen LogP contribution is 2.41. The third-order valence-corrected chi connectivity index (χ3v) is 7.44. The second-order valence-electron chi connectivity index (χ2n) is 8.36. The van der Waals surface area contributed by atoms with E-state index in [1.54, 1.807) is 13.1 Å². The summed E-state index contributed by atoms with van der Waals surface area (Å²) in [5.74, 6) is -0.781. The molecular weight excluding hydrogens is 503 g/mol. The molecule has 1 aromatic carbocycles. The predicted molar refractivity (Wildman–Crippen MR) is 126 cm³/mol. The third-order valence-electron chi connectivity index (χ3n) is 6.00. The summed E-state index contributed by atoms with van der Waals surface area (Å²) in [6, 6.07) is 4.97. The molecule has 0 unspecified atom stereocenters. The number of anilines is 2. The number of nitrogens with one attached hydrogen (secondary N) is 2. The van der Waals surface area contributed by atoms with Gasteiger partial charge in [-0.25, -0.2) is 9.97 Å². The van der Waals surface area contributed by atoms with Crippen LogP contribution < -0.4 is 10.6 Å². The van der Waals surface area contributed by atoms with Gasteiger partial charge in [-0.15, -0.1) is 11.3 Å². The average Bonchev–Trinajstić information content (AvgIpc) is 3.23. The molecule has 182 valence electrons. The number of carbonyl (C=O) groups excluding carboxylic acids is 2. The highest BCUT2D eigenvalue weighted by Gasteiger charge is 2.37. The van der Waals surface area contributed by atoms with Gasteiger partial charge < -0.3 is 15.5 Å². The Balaban J connectivity index is 1.58. The number of halogens is 4. The summed E-state index contributed by atoms with van der Waals surface area (Å²) >= 11 is 7.22. The molecule has 0 atom stereocenters. The Hall–Kier alpha value is -3.02. The smallest absolute Gasteiger partial charge is 0.341 e. The molecule has 0 aliphatic carbocycles. The summed E-state index contributed by atoms with van der Waals surface area (Å²) in [7, 11) is 1.55. The number of nitrogens with zero attached hydrogens (tertiary/aromatic N) is 3. The molecule has 4 heterocycles. The summed E-state index contributed by atoms with van der Waals surface area (Å²) in [4.78, 5) is 34.8. The van der Waals surface area contributed by atoms with Gasteiger partial charge >= 0.3 is 6.18 Å². The number of carbonyl (C=O) groups is 2. The minimum Gasteiger partial charge on any atom is -0.341 e. The summed E-state index contributed by atoms with van der Waals surface area (Å²) in [5, 5.41) is 6.57. The van der Waals surface area contributed by atoms with Crippen LogP contribution in [0.5, 0.6) is 0 Å². The molecule has 0 saturated carbocycles. The van der Waals surface area contributed by atoms with Gasteiger partial charge in [0.1, 0.15) is 10.4 Å². The molecule has 0 fully saturated rings. The van der Waals surface area contributed by atoms with Gasteiger partial charge in [-0.05, 0) is 42.3 Å². The van der Waals surface area contributed by atoms with Crippen molar-refractivity contribution in [3.05, 3.63) is 56.5 Å². The molecule has 0 saturated heterocycles. The van der Waals surface area contributed by atoms with Gasteiger partial charge in [-0.1, -0.05) is 11.6 Å². The van der Waals surface area contributed by atoms with E-state index in [1.165, 1.54) is 11.0 Å². The molecule has 5 rings (SSSR count). The minimum atomic E-state index is -4.74. The molecule has 0 spiro atoms. The van der Waals surface area contributed by atoms with E-state index in [9.17, 15) is 22.8 Å². The largest absolute Gasteiger partial charge is 0.420 e. The van der Waals surface area contributed by atoms with Crippen molar-refractivity contribution in [3.63, 3.8) is 0 Å². The lowest BCUT2D eigenvalue weighted by atomic mass is 10.0. The van der Waals surface area contributed by atoms with E-state index >= 15 is 0 Å². The number of benzene rings is 1. The number of alkyl halides is 3. The molecule has 2 aliphatic rings. The number of hydrogen-bond donors (Lipinski definition) is 2. The lowest BCUT2D eigenvalue weighted by Crippen LogP contribution is -2.25. The first-order chi connectivity index (χ1) is 16.6. The molecule has 0 radical (unpaired) electrons. The Labute approximate surface area is 207 Å². The fourth-order valence-corrected chi connectivity index (χ4v) is 5.52. The number of ketones is 1. The van der Waals surface area contributed by atoms with Crippen LogP contribution in [0.1, 0.15) is 43.1 Å². The van der Waals surface area contributed by atoms with E-state index < -0.39 is 23.3 Å². The maximum absolute atomic E-state index is 13.8. The first kappa shape index (κ1) is 23.7. The van der Waals surface area contributed by atoms with E-state index in [1.807, 2.05) is 6.07 Å². The van der Waals surface area contributed by atoms with Crippen molar-refractivity contribution in [1.29, 1.82) is 0 Å². The highest BCUT2D eigenvalue weighted by atomic mass is 35.5. The predicted octanol–water partition coefficient (Wildman–Crippen LogP) is 4.93. The lowest BCUT2D eigenvalue weighted by Gasteiger charge is -2.19. The van der Waals surface area contributed by atoms with Gasteiger partial charge in [0.15, 0.2) is 5.78 Å². The van der Waals surface area contributed by atoms with Crippen LogP contribution in [0, 0.1) is 0 Å². The number of fused-ring (bicyclic) bond motifs is 2. The monoisotopic (exact) mass is 521 g/mol. The number of thiophene rings is 1. The molecule has 2 aromatic heterocycles. The summed E-state index contributed by atoms with van der Waals surface area (Å²) in [6.45, 7) is 1.75. The van der Waals surface area contributed by atoms with Crippen LogP contribution in [-0.2, 0) is 19.1 Å². The summed E-state index contributed by atoms with van der Waals surface area (Å²) in [5.41, 5.74) is 1.26. The zero-order chi connectivity index (χ0) is 24.9. The first-order valence-electron chi connectivity index (χ1n) is 10.8. The van der Waals surface area contributed by atoms with Crippen LogP contribution in [-0.4, -0.2) is 46.7 Å². The fourth-order valence-electron chi connectivity index (χ4n) is 4.11. The second-order valence-corrected chi connectivity index (χ2v) is 9.82. The van der Waals surface area contributed by atoms with Crippen molar-refractivity contribution < 1.29 is 22.8 Å². The van der Waals surface area contributed by atoms with E-state index in [0.29, 0.717) is 23.5 Å². The molecule has 3 aromatic rings. The molecular formula is C23H19ClF3N5O2S. The summed E-state index contributed by atoms with van der Waals surface area (Å²) in [6.07, 6.45) is -3.16. The molecule has 0 bridgehead atoms. The van der Waals surface area contributed by atoms with Gasteiger partial charge in [0.05, 0.1) is 21.3 Å². The molecule has 35 heavy (non-hydrogen) atoms. The van der Waals surface area contributed by atoms with Crippen LogP contribution in [0.4, 0.5) is 24.8 Å². The second kappa shape index (κ2) is 8.89. The van der Waals surface area contributed by atoms with E-state index in [2.05, 4.69) is 20.6 Å². The van der Waals surface area contributed by atoms with Crippen LogP contribution in [0.2, 0.25) is 5.02 Å². The van der Waals surface area contributed by atoms with Crippen LogP contribution in [0.15, 0.2) is 24.4 Å². The third kappa shape index (κ3) is 4.51. The SMILES string of the molecule is CN1CCC(=O)c2cc(-c3nc(Nc4cc5c(cc4Cl)CNCC5)ncc3C(F)(F)F)sc2C1=O. The van der Waals surface area contributed by atoms with Gasteiger partial charge in [-0.2, -0.15) is 13.2 Å². The van der Waals surface area contributed by atoms with E-state index in [4.69, 9.17) is 11.6 Å². The van der Waals surface area contributed by atoms with Crippen molar-refractivity contribution in [1.82, 2.24) is 20.2 Å². The topological polar surface area (TPSA) is 87.2 Å². The number of rotatable bonds is 3. The maximum atomic E-state index is 13.8. The average molecular weight is 522 g/mol. The lowest BCUT2D eigenvalue weighted by molar-refractivity contribution is -0.137. The minimum absolute atomic E-state index is 0.0624. The Morgan fingerprint density at radius 1 is 1.17 bits per heavy atom. The van der Waals surface area contributed by atoms with Crippen LogP contribution in [0.3, 0.4) is 0 Å². The van der Waals surface area contributed by atoms with E-state index in [-0.39, 0.29) is 40.0 Å². The molecule has 12 heteroatoms. The van der Waals surface area contributed by atoms with Gasteiger partial charge in [0, 0.05) is 38.3 Å². The van der Waals surface area contributed by atoms with Crippen molar-refractivity contribution in [2.45, 2.75) is 25.6 Å². The zero-order valence-corrected chi connectivity index (χ0v) is 20.0. The number of Topliss-reactive ketones (excluding diaryl/α,β-unsaturated/α-hetero) is 1. The number of aromatic nitrogens is 2. The molecule has 7 nitrogen and oxygen atoms in total. The highest BCUT2D eigenvalue weighted by molar-refractivity contribution is 7.17. The maximum Gasteiger partial charge on any atom is 0.420 e. The fraction of sp³-hybridized carbons (Fsp3) is 0.304. The Bertz CT molecular complexity index is 1360. The quantitative estimate of drug-likeness (QED) is 0.508. The van der Waals surface area contributed by atoms with Crippen LogP contribution >= 0.6 is 22.9 Å². The van der Waals surface area contributed by atoms with Gasteiger partial charge in [0.25, 0.3) is 5.91 Å². The van der Waals surface area contributed by atoms with Crippen LogP contribution in [0.25, 0.3) is 10.6 Å². The standard InChI is InChI=1S/C23H19ClF3N5O2S/c1-32-5-3-17(33)13-8-18(35-20(13)21(32)34)19-14(23(25,26)27)10-29-22(31-19)30-16-7-11-2-4-28-9-12(11)6-15(16)24/h6-8,10,28H,2-5,9H2,1H3,(H,29,30,31). The Morgan fingerprint density at radius 2 is 1.97 bits per heavy atom. The van der Waals surface area contributed by atoms with Gasteiger partial charge in [-0.3, -0.25) is 9.59 Å². The van der Waals surface area contributed by atoms with Crippen molar-refractivity contribution in [2.24, 2.45) is 0 Å². The molecule has 2 aliphatic heterocycles. The zero-order valence-electron chi connectivity index (χ0n) is 18.4. The summed E-state index contributed by atoms with van der Waals surface area (Å²) < 4.78 is 41.5. The first-order valence-corrected chi connectivity index (χ1v) is 12.0. The Morgan fingerprint density at radius 3 is 2.74 bits per heavy atom. The van der Waals surface area contributed by atoms with E-state index in [0.717, 1.165) is 35.4 Å². The number of hydrogen-bond acceptors (Lipinski definition) is 7. The Kier molecular flexibility index (Phi) is 6.02.